The fourth-order valence-corrected chi connectivity index (χ4v) is 2.28. The van der Waals surface area contributed by atoms with E-state index in [9.17, 15) is 9.59 Å². The standard InChI is InChI=1S/C15H13N3O4/c1-17-12(15(20)21)8-14(19)18-13(17)7-11(16-18)9-3-5-10(22-2)6-4-9/h3-8H,1-2H3,(H,20,21). The lowest BCUT2D eigenvalue weighted by molar-refractivity contribution is 0.0685. The summed E-state index contributed by atoms with van der Waals surface area (Å²) in [6, 6.07) is 9.96. The number of methoxy groups -OCH3 is 1. The van der Waals surface area contributed by atoms with Crippen LogP contribution in [0.15, 0.2) is 41.2 Å². The van der Waals surface area contributed by atoms with E-state index in [0.717, 1.165) is 17.4 Å². The van der Waals surface area contributed by atoms with E-state index in [1.165, 1.54) is 9.08 Å². The minimum atomic E-state index is -1.16. The molecule has 0 aliphatic carbocycles. The van der Waals surface area contributed by atoms with Crippen molar-refractivity contribution in [2.75, 3.05) is 7.11 Å². The number of rotatable bonds is 3. The normalized spacial score (nSPS) is 10.8. The van der Waals surface area contributed by atoms with Crippen molar-refractivity contribution >= 4 is 11.6 Å². The molecule has 1 aromatic carbocycles. The molecule has 0 amide bonds. The Hall–Kier alpha value is -3.09. The fraction of sp³-hybridized carbons (Fsp3) is 0.133. The largest absolute Gasteiger partial charge is 0.497 e. The predicted molar refractivity (Wildman–Crippen MR) is 79.4 cm³/mol. The highest BCUT2D eigenvalue weighted by Gasteiger charge is 2.15. The molecule has 0 saturated carbocycles. The van der Waals surface area contributed by atoms with Gasteiger partial charge in [0, 0.05) is 24.7 Å². The molecule has 0 aliphatic rings. The number of nitrogens with zero attached hydrogens (tertiary/aromatic N) is 3. The van der Waals surface area contributed by atoms with Crippen LogP contribution in [0.3, 0.4) is 0 Å². The Morgan fingerprint density at radius 1 is 1.23 bits per heavy atom. The van der Waals surface area contributed by atoms with E-state index in [2.05, 4.69) is 5.10 Å². The molecule has 0 bridgehead atoms. The number of ether oxygens (including phenoxy) is 1. The number of fused-ring (bicyclic) bond motifs is 1. The SMILES string of the molecule is COc1ccc(-c2cc3n(C)c(C(=O)O)cc(=O)n3n2)cc1. The molecular formula is C15H13N3O4. The van der Waals surface area contributed by atoms with Gasteiger partial charge in [-0.05, 0) is 24.3 Å². The second-order valence-electron chi connectivity index (χ2n) is 4.76. The van der Waals surface area contributed by atoms with Crippen LogP contribution in [-0.4, -0.2) is 32.4 Å². The Kier molecular flexibility index (Phi) is 3.17. The highest BCUT2D eigenvalue weighted by Crippen LogP contribution is 2.22. The summed E-state index contributed by atoms with van der Waals surface area (Å²) >= 11 is 0. The summed E-state index contributed by atoms with van der Waals surface area (Å²) in [5.41, 5.74) is 1.23. The van der Waals surface area contributed by atoms with Crippen molar-refractivity contribution < 1.29 is 14.6 Å². The van der Waals surface area contributed by atoms with Gasteiger partial charge in [-0.25, -0.2) is 4.79 Å². The molecule has 22 heavy (non-hydrogen) atoms. The summed E-state index contributed by atoms with van der Waals surface area (Å²) in [5, 5.41) is 13.4. The lowest BCUT2D eigenvalue weighted by Gasteiger charge is -2.05. The summed E-state index contributed by atoms with van der Waals surface area (Å²) in [5.74, 6) is -0.440. The number of aromatic nitrogens is 3. The van der Waals surface area contributed by atoms with Crippen LogP contribution < -0.4 is 10.3 Å². The maximum atomic E-state index is 12.0. The Morgan fingerprint density at radius 3 is 2.50 bits per heavy atom. The Bertz CT molecular complexity index is 922. The molecule has 0 saturated heterocycles. The van der Waals surface area contributed by atoms with Crippen molar-refractivity contribution in [2.45, 2.75) is 0 Å². The summed E-state index contributed by atoms with van der Waals surface area (Å²) in [7, 11) is 3.16. The first-order valence-electron chi connectivity index (χ1n) is 6.49. The zero-order chi connectivity index (χ0) is 15.9. The third-order valence-electron chi connectivity index (χ3n) is 3.47. The fourth-order valence-electron chi connectivity index (χ4n) is 2.28. The zero-order valence-electron chi connectivity index (χ0n) is 12.0. The average molecular weight is 299 g/mol. The van der Waals surface area contributed by atoms with E-state index in [0.29, 0.717) is 11.3 Å². The first kappa shape index (κ1) is 13.9. The van der Waals surface area contributed by atoms with Gasteiger partial charge in [-0.15, -0.1) is 0 Å². The number of aryl methyl sites for hydroxylation is 1. The summed E-state index contributed by atoms with van der Waals surface area (Å²) in [6.45, 7) is 0. The lowest BCUT2D eigenvalue weighted by atomic mass is 10.1. The van der Waals surface area contributed by atoms with Crippen molar-refractivity contribution in [3.05, 3.63) is 52.4 Å². The van der Waals surface area contributed by atoms with Gasteiger partial charge in [-0.2, -0.15) is 9.61 Å². The van der Waals surface area contributed by atoms with Gasteiger partial charge in [-0.1, -0.05) is 0 Å². The van der Waals surface area contributed by atoms with E-state index in [1.807, 2.05) is 12.1 Å². The van der Waals surface area contributed by atoms with Gasteiger partial charge in [0.1, 0.15) is 17.1 Å². The van der Waals surface area contributed by atoms with E-state index in [-0.39, 0.29) is 5.69 Å². The van der Waals surface area contributed by atoms with Crippen LogP contribution in [0.5, 0.6) is 5.75 Å². The highest BCUT2D eigenvalue weighted by atomic mass is 16.5. The smallest absolute Gasteiger partial charge is 0.352 e. The number of carbonyl (C=O) groups is 1. The van der Waals surface area contributed by atoms with Crippen molar-refractivity contribution in [3.63, 3.8) is 0 Å². The number of hydrogen-bond donors (Lipinski definition) is 1. The molecule has 2 heterocycles. The Morgan fingerprint density at radius 2 is 1.91 bits per heavy atom. The molecule has 3 aromatic rings. The summed E-state index contributed by atoms with van der Waals surface area (Å²) in [6.07, 6.45) is 0. The molecule has 7 nitrogen and oxygen atoms in total. The van der Waals surface area contributed by atoms with E-state index >= 15 is 0 Å². The van der Waals surface area contributed by atoms with Gasteiger partial charge < -0.3 is 14.4 Å². The Balaban J connectivity index is 2.20. The molecule has 0 radical (unpaired) electrons. The topological polar surface area (TPSA) is 85.8 Å². The van der Waals surface area contributed by atoms with Crippen LogP contribution in [0.1, 0.15) is 10.5 Å². The summed E-state index contributed by atoms with van der Waals surface area (Å²) < 4.78 is 7.71. The third-order valence-corrected chi connectivity index (χ3v) is 3.47. The van der Waals surface area contributed by atoms with Crippen molar-refractivity contribution in [1.29, 1.82) is 0 Å². The number of hydrogen-bond acceptors (Lipinski definition) is 4. The monoisotopic (exact) mass is 299 g/mol. The van der Waals surface area contributed by atoms with Crippen LogP contribution >= 0.6 is 0 Å². The first-order chi connectivity index (χ1) is 10.5. The minimum Gasteiger partial charge on any atom is -0.497 e. The van der Waals surface area contributed by atoms with E-state index in [4.69, 9.17) is 9.84 Å². The van der Waals surface area contributed by atoms with Gasteiger partial charge in [0.2, 0.25) is 0 Å². The first-order valence-corrected chi connectivity index (χ1v) is 6.49. The molecule has 7 heteroatoms. The van der Waals surface area contributed by atoms with Crippen molar-refractivity contribution in [1.82, 2.24) is 14.2 Å². The zero-order valence-corrected chi connectivity index (χ0v) is 12.0. The molecule has 0 atom stereocenters. The lowest BCUT2D eigenvalue weighted by Crippen LogP contribution is -2.21. The molecule has 1 N–H and O–H groups in total. The van der Waals surface area contributed by atoms with Gasteiger partial charge >= 0.3 is 5.97 Å². The van der Waals surface area contributed by atoms with Crippen molar-refractivity contribution in [3.8, 4) is 17.0 Å². The van der Waals surface area contributed by atoms with Crippen LogP contribution in [-0.2, 0) is 7.05 Å². The van der Waals surface area contributed by atoms with Crippen molar-refractivity contribution in [2.24, 2.45) is 7.05 Å². The van der Waals surface area contributed by atoms with Gasteiger partial charge in [0.05, 0.1) is 12.8 Å². The highest BCUT2D eigenvalue weighted by molar-refractivity contribution is 5.86. The number of carboxylic acids is 1. The van der Waals surface area contributed by atoms with Crippen LogP contribution in [0.2, 0.25) is 0 Å². The van der Waals surface area contributed by atoms with Crippen LogP contribution in [0.25, 0.3) is 16.9 Å². The van der Waals surface area contributed by atoms with E-state index < -0.39 is 11.5 Å². The van der Waals surface area contributed by atoms with Gasteiger partial charge in [-0.3, -0.25) is 4.79 Å². The minimum absolute atomic E-state index is 0.0846. The molecule has 0 aliphatic heterocycles. The third kappa shape index (κ3) is 2.12. The van der Waals surface area contributed by atoms with Crippen LogP contribution in [0, 0.1) is 0 Å². The second kappa shape index (κ2) is 5.03. The maximum absolute atomic E-state index is 12.0. The molecule has 2 aromatic heterocycles. The maximum Gasteiger partial charge on any atom is 0.352 e. The molecule has 112 valence electrons. The van der Waals surface area contributed by atoms with Crippen LogP contribution in [0.4, 0.5) is 0 Å². The number of aromatic carboxylic acids is 1. The molecular weight excluding hydrogens is 286 g/mol. The molecule has 3 rings (SSSR count). The average Bonchev–Trinajstić information content (AvgIpc) is 2.97. The summed E-state index contributed by atoms with van der Waals surface area (Å²) in [4.78, 5) is 23.2. The second-order valence-corrected chi connectivity index (χ2v) is 4.76. The molecule has 0 fully saturated rings. The van der Waals surface area contributed by atoms with Gasteiger partial charge in [0.25, 0.3) is 5.56 Å². The Labute approximate surface area is 125 Å². The molecule has 0 unspecified atom stereocenters. The number of benzene rings is 1. The quantitative estimate of drug-likeness (QED) is 0.790. The van der Waals surface area contributed by atoms with E-state index in [1.54, 1.807) is 32.4 Å². The van der Waals surface area contributed by atoms with Gasteiger partial charge in [0.15, 0.2) is 0 Å². The number of carboxylic acid groups (broad SMARTS) is 1. The molecule has 0 spiro atoms. The predicted octanol–water partition coefficient (Wildman–Crippen LogP) is 1.41.